The first-order chi connectivity index (χ1) is 8.79. The number of aromatic amines is 1. The molecule has 0 aliphatic carbocycles. The van der Waals surface area contributed by atoms with Crippen molar-refractivity contribution in [3.63, 3.8) is 0 Å². The van der Waals surface area contributed by atoms with Crippen molar-refractivity contribution in [2.24, 2.45) is 0 Å². The minimum absolute atomic E-state index is 0.518. The SMILES string of the molecule is N#Cc1cccc2c1[nH]c(=S)n2Cc1ccon1. The van der Waals surface area contributed by atoms with Gasteiger partial charge in [-0.1, -0.05) is 11.2 Å². The molecule has 5 nitrogen and oxygen atoms in total. The van der Waals surface area contributed by atoms with Gasteiger partial charge in [-0.15, -0.1) is 0 Å². The molecule has 0 saturated carbocycles. The molecule has 0 radical (unpaired) electrons. The van der Waals surface area contributed by atoms with Gasteiger partial charge in [0.1, 0.15) is 18.0 Å². The third-order valence-corrected chi connectivity index (χ3v) is 3.06. The van der Waals surface area contributed by atoms with Crippen molar-refractivity contribution in [2.45, 2.75) is 6.54 Å². The highest BCUT2D eigenvalue weighted by Crippen LogP contribution is 2.18. The third-order valence-electron chi connectivity index (χ3n) is 2.74. The zero-order chi connectivity index (χ0) is 12.5. The summed E-state index contributed by atoms with van der Waals surface area (Å²) < 4.78 is 7.26. The summed E-state index contributed by atoms with van der Waals surface area (Å²) in [5.74, 6) is 0. The van der Waals surface area contributed by atoms with E-state index in [-0.39, 0.29) is 0 Å². The minimum atomic E-state index is 0.518. The number of imidazole rings is 1. The number of hydrogen-bond acceptors (Lipinski definition) is 4. The number of H-pyrrole nitrogens is 1. The molecule has 2 aromatic heterocycles. The molecule has 0 aliphatic rings. The van der Waals surface area contributed by atoms with Crippen LogP contribution in [0.3, 0.4) is 0 Å². The van der Waals surface area contributed by atoms with Crippen molar-refractivity contribution in [2.75, 3.05) is 0 Å². The van der Waals surface area contributed by atoms with E-state index in [4.69, 9.17) is 22.0 Å². The van der Waals surface area contributed by atoms with E-state index < -0.39 is 0 Å². The summed E-state index contributed by atoms with van der Waals surface area (Å²) in [4.78, 5) is 3.06. The Morgan fingerprint density at radius 1 is 1.44 bits per heavy atom. The van der Waals surface area contributed by atoms with Crippen LogP contribution in [0, 0.1) is 16.1 Å². The second-order valence-electron chi connectivity index (χ2n) is 3.82. The maximum Gasteiger partial charge on any atom is 0.178 e. The van der Waals surface area contributed by atoms with Gasteiger partial charge in [-0.2, -0.15) is 5.26 Å². The van der Waals surface area contributed by atoms with E-state index in [0.717, 1.165) is 16.7 Å². The standard InChI is InChI=1S/C12H8N4OS/c13-6-8-2-1-3-10-11(8)14-12(18)16(10)7-9-4-5-17-15-9/h1-5H,7H2,(H,14,18). The van der Waals surface area contributed by atoms with Gasteiger partial charge in [-0.25, -0.2) is 0 Å². The fourth-order valence-electron chi connectivity index (χ4n) is 1.91. The number of nitrogens with one attached hydrogen (secondary N) is 1. The lowest BCUT2D eigenvalue weighted by atomic mass is 10.2. The first-order valence-corrected chi connectivity index (χ1v) is 5.71. The van der Waals surface area contributed by atoms with E-state index in [1.54, 1.807) is 12.1 Å². The van der Waals surface area contributed by atoms with E-state index in [9.17, 15) is 0 Å². The first kappa shape index (κ1) is 10.7. The summed E-state index contributed by atoms with van der Waals surface area (Å²) in [5.41, 5.74) is 3.02. The number of benzene rings is 1. The van der Waals surface area contributed by atoms with Crippen LogP contribution in [-0.2, 0) is 6.54 Å². The summed E-state index contributed by atoms with van der Waals surface area (Å²) in [7, 11) is 0. The van der Waals surface area contributed by atoms with Crippen LogP contribution in [0.4, 0.5) is 0 Å². The van der Waals surface area contributed by atoms with Crippen molar-refractivity contribution >= 4 is 23.3 Å². The van der Waals surface area contributed by atoms with Gasteiger partial charge in [0.05, 0.1) is 23.1 Å². The van der Waals surface area contributed by atoms with Crippen LogP contribution < -0.4 is 0 Å². The molecular weight excluding hydrogens is 248 g/mol. The lowest BCUT2D eigenvalue weighted by molar-refractivity contribution is 0.410. The van der Waals surface area contributed by atoms with Gasteiger partial charge in [-0.3, -0.25) is 0 Å². The topological polar surface area (TPSA) is 70.5 Å². The number of aromatic nitrogens is 3. The molecule has 0 aliphatic heterocycles. The van der Waals surface area contributed by atoms with Crippen LogP contribution in [0.2, 0.25) is 0 Å². The van der Waals surface area contributed by atoms with Crippen LogP contribution in [0.15, 0.2) is 35.1 Å². The monoisotopic (exact) mass is 256 g/mol. The highest BCUT2D eigenvalue weighted by atomic mass is 32.1. The van der Waals surface area contributed by atoms with E-state index in [1.807, 2.05) is 16.7 Å². The van der Waals surface area contributed by atoms with Gasteiger partial charge in [0.25, 0.3) is 0 Å². The normalized spacial score (nSPS) is 10.6. The predicted molar refractivity (Wildman–Crippen MR) is 67.4 cm³/mol. The lowest BCUT2D eigenvalue weighted by Crippen LogP contribution is -1.99. The average molecular weight is 256 g/mol. The molecule has 18 heavy (non-hydrogen) atoms. The molecule has 0 unspecified atom stereocenters. The smallest absolute Gasteiger partial charge is 0.178 e. The molecule has 1 aromatic carbocycles. The molecular formula is C12H8N4OS. The molecule has 3 rings (SSSR count). The van der Waals surface area contributed by atoms with Crippen LogP contribution >= 0.6 is 12.2 Å². The fourth-order valence-corrected chi connectivity index (χ4v) is 2.18. The molecule has 88 valence electrons. The van der Waals surface area contributed by atoms with E-state index in [0.29, 0.717) is 16.9 Å². The average Bonchev–Trinajstić information content (AvgIpc) is 2.99. The summed E-state index contributed by atoms with van der Waals surface area (Å²) in [5, 5.41) is 12.9. The molecule has 0 atom stereocenters. The molecule has 0 amide bonds. The van der Waals surface area contributed by atoms with Crippen LogP contribution in [0.1, 0.15) is 11.3 Å². The number of fused-ring (bicyclic) bond motifs is 1. The molecule has 3 aromatic rings. The molecule has 6 heteroatoms. The van der Waals surface area contributed by atoms with Gasteiger partial charge in [0.15, 0.2) is 4.77 Å². The Kier molecular flexibility index (Phi) is 2.46. The Labute approximate surface area is 107 Å². The maximum atomic E-state index is 9.05. The van der Waals surface area contributed by atoms with Crippen molar-refractivity contribution in [1.82, 2.24) is 14.7 Å². The summed E-state index contributed by atoms with van der Waals surface area (Å²) >= 11 is 5.27. The highest BCUT2D eigenvalue weighted by Gasteiger charge is 2.09. The minimum Gasteiger partial charge on any atom is -0.364 e. The van der Waals surface area contributed by atoms with Crippen molar-refractivity contribution in [3.05, 3.63) is 46.6 Å². The van der Waals surface area contributed by atoms with E-state index in [2.05, 4.69) is 16.2 Å². The summed E-state index contributed by atoms with van der Waals surface area (Å²) in [6.45, 7) is 0.518. The molecule has 2 heterocycles. The Morgan fingerprint density at radius 2 is 2.33 bits per heavy atom. The first-order valence-electron chi connectivity index (χ1n) is 5.30. The van der Waals surface area contributed by atoms with Gasteiger partial charge in [-0.05, 0) is 24.4 Å². The van der Waals surface area contributed by atoms with Gasteiger partial charge < -0.3 is 14.1 Å². The Morgan fingerprint density at radius 3 is 3.06 bits per heavy atom. The molecule has 0 spiro atoms. The maximum absolute atomic E-state index is 9.05. The Balaban J connectivity index is 2.21. The molecule has 0 saturated heterocycles. The number of rotatable bonds is 2. The second kappa shape index (κ2) is 4.13. The van der Waals surface area contributed by atoms with E-state index >= 15 is 0 Å². The summed E-state index contributed by atoms with van der Waals surface area (Å²) in [6, 6.07) is 9.44. The zero-order valence-electron chi connectivity index (χ0n) is 9.25. The molecule has 1 N–H and O–H groups in total. The van der Waals surface area contributed by atoms with Gasteiger partial charge in [0, 0.05) is 6.07 Å². The van der Waals surface area contributed by atoms with Crippen molar-refractivity contribution < 1.29 is 4.52 Å². The van der Waals surface area contributed by atoms with Gasteiger partial charge in [0.2, 0.25) is 0 Å². The van der Waals surface area contributed by atoms with Crippen LogP contribution in [-0.4, -0.2) is 14.7 Å². The predicted octanol–water partition coefficient (Wildman–Crippen LogP) is 2.61. The van der Waals surface area contributed by atoms with Crippen LogP contribution in [0.5, 0.6) is 0 Å². The van der Waals surface area contributed by atoms with E-state index in [1.165, 1.54) is 6.26 Å². The third kappa shape index (κ3) is 1.61. The number of nitrogens with zero attached hydrogens (tertiary/aromatic N) is 3. The van der Waals surface area contributed by atoms with Crippen LogP contribution in [0.25, 0.3) is 11.0 Å². The Bertz CT molecular complexity index is 792. The van der Waals surface area contributed by atoms with Crippen molar-refractivity contribution in [3.8, 4) is 6.07 Å². The van der Waals surface area contributed by atoms with Gasteiger partial charge >= 0.3 is 0 Å². The Hall–Kier alpha value is -2.39. The highest BCUT2D eigenvalue weighted by molar-refractivity contribution is 7.71. The number of para-hydroxylation sites is 1. The molecule has 0 fully saturated rings. The quantitative estimate of drug-likeness (QED) is 0.715. The number of nitriles is 1. The number of hydrogen-bond donors (Lipinski definition) is 1. The molecule has 0 bridgehead atoms. The lowest BCUT2D eigenvalue weighted by Gasteiger charge is -2.00. The largest absolute Gasteiger partial charge is 0.364 e. The second-order valence-corrected chi connectivity index (χ2v) is 4.21. The summed E-state index contributed by atoms with van der Waals surface area (Å²) in [6.07, 6.45) is 1.52. The van der Waals surface area contributed by atoms with Crippen molar-refractivity contribution in [1.29, 1.82) is 5.26 Å². The fraction of sp³-hybridized carbons (Fsp3) is 0.0833. The zero-order valence-corrected chi connectivity index (χ0v) is 10.1.